The average Bonchev–Trinajstić information content (AvgIpc) is 2.36. The van der Waals surface area contributed by atoms with E-state index in [-0.39, 0.29) is 5.91 Å². The van der Waals surface area contributed by atoms with Crippen LogP contribution in [-0.2, 0) is 0 Å². The summed E-state index contributed by atoms with van der Waals surface area (Å²) >= 11 is 21.3. The number of nitrogens with one attached hydrogen (secondary N) is 1. The van der Waals surface area contributed by atoms with Gasteiger partial charge in [-0.05, 0) is 47.1 Å². The van der Waals surface area contributed by atoms with Crippen molar-refractivity contribution in [1.82, 2.24) is 0 Å². The summed E-state index contributed by atoms with van der Waals surface area (Å²) in [5.41, 5.74) is 1.83. The smallest absolute Gasteiger partial charge is 0.256 e. The van der Waals surface area contributed by atoms with Crippen LogP contribution in [0.15, 0.2) is 34.8 Å². The monoisotopic (exact) mass is 391 g/mol. The van der Waals surface area contributed by atoms with Gasteiger partial charge in [-0.25, -0.2) is 0 Å². The van der Waals surface area contributed by atoms with Crippen LogP contribution in [0, 0.1) is 6.92 Å². The number of amides is 1. The molecule has 0 bridgehead atoms. The van der Waals surface area contributed by atoms with Gasteiger partial charge in [0.25, 0.3) is 5.91 Å². The molecule has 0 aliphatic carbocycles. The molecular weight excluding hydrogens is 384 g/mol. The summed E-state index contributed by atoms with van der Waals surface area (Å²) in [5, 5.41) is 3.69. The van der Waals surface area contributed by atoms with Gasteiger partial charge in [0, 0.05) is 9.50 Å². The lowest BCUT2D eigenvalue weighted by Crippen LogP contribution is -2.13. The number of hydrogen-bond acceptors (Lipinski definition) is 1. The summed E-state index contributed by atoms with van der Waals surface area (Å²) in [6, 6.07) is 8.54. The lowest BCUT2D eigenvalue weighted by atomic mass is 10.1. The number of hydrogen-bond donors (Lipinski definition) is 1. The minimum absolute atomic E-state index is 0.291. The van der Waals surface area contributed by atoms with Gasteiger partial charge in [0.2, 0.25) is 0 Å². The van der Waals surface area contributed by atoms with Gasteiger partial charge in [-0.3, -0.25) is 4.79 Å². The van der Waals surface area contributed by atoms with Gasteiger partial charge in [0.15, 0.2) is 0 Å². The first kappa shape index (κ1) is 15.6. The molecule has 0 aromatic heterocycles. The van der Waals surface area contributed by atoms with Crippen LogP contribution in [0.25, 0.3) is 0 Å². The SMILES string of the molecule is Cc1ccc(Br)c(C(=O)Nc2c(Cl)cc(Cl)cc2Cl)c1. The fourth-order valence-corrected chi connectivity index (χ4v) is 2.99. The third-order valence-corrected chi connectivity index (χ3v) is 4.12. The quantitative estimate of drug-likeness (QED) is 0.669. The third-order valence-electron chi connectivity index (χ3n) is 2.61. The summed E-state index contributed by atoms with van der Waals surface area (Å²) in [6.45, 7) is 1.91. The van der Waals surface area contributed by atoms with Crippen molar-refractivity contribution in [3.8, 4) is 0 Å². The van der Waals surface area contributed by atoms with E-state index < -0.39 is 0 Å². The Labute approximate surface area is 140 Å². The van der Waals surface area contributed by atoms with E-state index in [1.165, 1.54) is 12.1 Å². The molecule has 6 heteroatoms. The van der Waals surface area contributed by atoms with Crippen LogP contribution in [-0.4, -0.2) is 5.91 Å². The van der Waals surface area contributed by atoms with Crippen LogP contribution in [0.3, 0.4) is 0 Å². The molecule has 0 radical (unpaired) electrons. The van der Waals surface area contributed by atoms with Gasteiger partial charge < -0.3 is 5.32 Å². The molecule has 0 saturated carbocycles. The molecule has 104 valence electrons. The minimum atomic E-state index is -0.299. The zero-order valence-corrected chi connectivity index (χ0v) is 14.2. The molecule has 1 amide bonds. The molecule has 0 fully saturated rings. The molecule has 2 aromatic rings. The number of anilines is 1. The van der Waals surface area contributed by atoms with Gasteiger partial charge in [0.1, 0.15) is 0 Å². The van der Waals surface area contributed by atoms with Crippen molar-refractivity contribution in [3.05, 3.63) is 61.0 Å². The molecule has 0 saturated heterocycles. The standard InChI is InChI=1S/C14H9BrCl3NO/c1-7-2-3-10(15)9(4-7)14(20)19-13-11(17)5-8(16)6-12(13)18/h2-6H,1H3,(H,19,20). The normalized spacial score (nSPS) is 10.4. The predicted molar refractivity (Wildman–Crippen MR) is 88.3 cm³/mol. The molecule has 0 spiro atoms. The maximum Gasteiger partial charge on any atom is 0.256 e. The predicted octanol–water partition coefficient (Wildman–Crippen LogP) is 5.97. The summed E-state index contributed by atoms with van der Waals surface area (Å²) in [4.78, 5) is 12.3. The molecule has 0 aliphatic rings. The van der Waals surface area contributed by atoms with Crippen LogP contribution < -0.4 is 5.32 Å². The molecule has 0 heterocycles. The van der Waals surface area contributed by atoms with Gasteiger partial charge in [-0.2, -0.15) is 0 Å². The Morgan fingerprint density at radius 3 is 2.30 bits per heavy atom. The molecule has 0 unspecified atom stereocenters. The van der Waals surface area contributed by atoms with E-state index in [2.05, 4.69) is 21.2 Å². The highest BCUT2D eigenvalue weighted by Crippen LogP contribution is 2.34. The molecule has 2 nitrogen and oxygen atoms in total. The van der Waals surface area contributed by atoms with Crippen LogP contribution in [0.5, 0.6) is 0 Å². The second-order valence-corrected chi connectivity index (χ2v) is 6.29. The second kappa shape index (κ2) is 6.35. The fourth-order valence-electron chi connectivity index (χ4n) is 1.66. The molecule has 2 rings (SSSR count). The summed E-state index contributed by atoms with van der Waals surface area (Å²) < 4.78 is 0.696. The Kier molecular flexibility index (Phi) is 4.97. The Morgan fingerprint density at radius 2 is 1.70 bits per heavy atom. The fraction of sp³-hybridized carbons (Fsp3) is 0.0714. The first-order valence-corrected chi connectivity index (χ1v) is 7.53. The second-order valence-electron chi connectivity index (χ2n) is 4.18. The molecule has 0 aliphatic heterocycles. The zero-order valence-electron chi connectivity index (χ0n) is 10.3. The summed E-state index contributed by atoms with van der Waals surface area (Å²) in [5.74, 6) is -0.299. The van der Waals surface area contributed by atoms with Crippen molar-refractivity contribution in [3.63, 3.8) is 0 Å². The molecule has 2 aromatic carbocycles. The minimum Gasteiger partial charge on any atom is -0.319 e. The van der Waals surface area contributed by atoms with Crippen molar-refractivity contribution in [2.45, 2.75) is 6.92 Å². The Morgan fingerprint density at radius 1 is 1.10 bits per heavy atom. The highest BCUT2D eigenvalue weighted by atomic mass is 79.9. The van der Waals surface area contributed by atoms with E-state index in [4.69, 9.17) is 34.8 Å². The number of carbonyl (C=O) groups is 1. The average molecular weight is 393 g/mol. The molecule has 1 N–H and O–H groups in total. The van der Waals surface area contributed by atoms with E-state index in [1.807, 2.05) is 19.1 Å². The Balaban J connectivity index is 2.35. The Hall–Kier alpha value is -0.740. The van der Waals surface area contributed by atoms with Crippen molar-refractivity contribution >= 4 is 62.3 Å². The Bertz CT molecular complexity index is 665. The van der Waals surface area contributed by atoms with Crippen LogP contribution in [0.1, 0.15) is 15.9 Å². The van der Waals surface area contributed by atoms with E-state index in [0.29, 0.717) is 30.8 Å². The van der Waals surface area contributed by atoms with Crippen LogP contribution >= 0.6 is 50.7 Å². The van der Waals surface area contributed by atoms with Crippen molar-refractivity contribution in [2.24, 2.45) is 0 Å². The topological polar surface area (TPSA) is 29.1 Å². The highest BCUT2D eigenvalue weighted by molar-refractivity contribution is 9.10. The van der Waals surface area contributed by atoms with Crippen molar-refractivity contribution in [2.75, 3.05) is 5.32 Å². The lowest BCUT2D eigenvalue weighted by Gasteiger charge is -2.11. The molecular formula is C14H9BrCl3NO. The van der Waals surface area contributed by atoms with E-state index in [1.54, 1.807) is 6.07 Å². The maximum atomic E-state index is 12.3. The van der Waals surface area contributed by atoms with Crippen LogP contribution in [0.4, 0.5) is 5.69 Å². The highest BCUT2D eigenvalue weighted by Gasteiger charge is 2.15. The van der Waals surface area contributed by atoms with Gasteiger partial charge >= 0.3 is 0 Å². The van der Waals surface area contributed by atoms with E-state index >= 15 is 0 Å². The van der Waals surface area contributed by atoms with Crippen LogP contribution in [0.2, 0.25) is 15.1 Å². The zero-order chi connectivity index (χ0) is 14.9. The lowest BCUT2D eigenvalue weighted by molar-refractivity contribution is 0.102. The summed E-state index contributed by atoms with van der Waals surface area (Å²) in [7, 11) is 0. The van der Waals surface area contributed by atoms with Crippen molar-refractivity contribution < 1.29 is 4.79 Å². The van der Waals surface area contributed by atoms with E-state index in [0.717, 1.165) is 5.56 Å². The van der Waals surface area contributed by atoms with Gasteiger partial charge in [-0.15, -0.1) is 0 Å². The van der Waals surface area contributed by atoms with Gasteiger partial charge in [0.05, 0.1) is 21.3 Å². The summed E-state index contributed by atoms with van der Waals surface area (Å²) in [6.07, 6.45) is 0. The number of benzene rings is 2. The molecule has 20 heavy (non-hydrogen) atoms. The third kappa shape index (κ3) is 3.47. The first-order chi connectivity index (χ1) is 9.38. The number of halogens is 4. The number of carbonyl (C=O) groups excluding carboxylic acids is 1. The number of aryl methyl sites for hydroxylation is 1. The van der Waals surface area contributed by atoms with E-state index in [9.17, 15) is 4.79 Å². The largest absolute Gasteiger partial charge is 0.319 e. The van der Waals surface area contributed by atoms with Crippen molar-refractivity contribution in [1.29, 1.82) is 0 Å². The number of rotatable bonds is 2. The first-order valence-electron chi connectivity index (χ1n) is 5.60. The molecule has 0 atom stereocenters. The van der Waals surface area contributed by atoms with Gasteiger partial charge in [-0.1, -0.05) is 46.4 Å². The maximum absolute atomic E-state index is 12.3.